The molecule has 2 aliphatic rings. The number of nitrogens with one attached hydrogen (secondary N) is 1. The van der Waals surface area contributed by atoms with Crippen molar-refractivity contribution in [3.05, 3.63) is 53.1 Å². The SMILES string of the molecule is Cc1cc(OCCC(O)CO)ccc1CCS(=O)(=O)N1CCC2(CC1)N=C(c1ccc(O)c(O)c1)NC2=O. The van der Waals surface area contributed by atoms with Crippen molar-refractivity contribution in [2.75, 3.05) is 32.1 Å². The second-order valence-corrected chi connectivity index (χ2v) is 11.8. The number of aliphatic hydroxyl groups is 2. The number of sulfonamides is 1. The Hall–Kier alpha value is -3.19. The van der Waals surface area contributed by atoms with Gasteiger partial charge in [0.2, 0.25) is 10.0 Å². The number of amides is 1. The van der Waals surface area contributed by atoms with E-state index in [4.69, 9.17) is 9.84 Å². The van der Waals surface area contributed by atoms with Gasteiger partial charge in [0.15, 0.2) is 11.5 Å². The third-order valence-electron chi connectivity index (χ3n) is 7.05. The molecule has 38 heavy (non-hydrogen) atoms. The molecule has 1 saturated heterocycles. The van der Waals surface area contributed by atoms with Crippen LogP contribution in [0.15, 0.2) is 41.4 Å². The minimum atomic E-state index is -3.57. The van der Waals surface area contributed by atoms with E-state index in [1.54, 1.807) is 6.07 Å². The fourth-order valence-corrected chi connectivity index (χ4v) is 6.08. The minimum Gasteiger partial charge on any atom is -0.504 e. The van der Waals surface area contributed by atoms with E-state index >= 15 is 0 Å². The minimum absolute atomic E-state index is 0.0722. The number of nitrogens with zero attached hydrogens (tertiary/aromatic N) is 2. The summed E-state index contributed by atoms with van der Waals surface area (Å²) in [6, 6.07) is 9.57. The molecule has 2 aliphatic heterocycles. The molecule has 1 amide bonds. The lowest BCUT2D eigenvalue weighted by atomic mass is 9.89. The Morgan fingerprint density at radius 3 is 2.53 bits per heavy atom. The van der Waals surface area contributed by atoms with Crippen LogP contribution in [0.1, 0.15) is 36.0 Å². The van der Waals surface area contributed by atoms with Gasteiger partial charge in [-0.25, -0.2) is 12.7 Å². The molecule has 12 heteroatoms. The van der Waals surface area contributed by atoms with Crippen molar-refractivity contribution in [1.29, 1.82) is 0 Å². The van der Waals surface area contributed by atoms with E-state index in [2.05, 4.69) is 10.3 Å². The molecule has 11 nitrogen and oxygen atoms in total. The van der Waals surface area contributed by atoms with Crippen molar-refractivity contribution in [3.8, 4) is 17.2 Å². The highest BCUT2D eigenvalue weighted by molar-refractivity contribution is 7.89. The van der Waals surface area contributed by atoms with E-state index in [1.807, 2.05) is 19.1 Å². The molecule has 1 atom stereocenters. The molecule has 2 aromatic carbocycles. The summed E-state index contributed by atoms with van der Waals surface area (Å²) in [5.41, 5.74) is 1.17. The number of benzene rings is 2. The predicted octanol–water partition coefficient (Wildman–Crippen LogP) is 0.812. The molecule has 206 valence electrons. The number of aromatic hydroxyl groups is 2. The second kappa shape index (κ2) is 11.3. The summed E-state index contributed by atoms with van der Waals surface area (Å²) in [5.74, 6) is -0.0807. The molecule has 2 heterocycles. The largest absolute Gasteiger partial charge is 0.504 e. The van der Waals surface area contributed by atoms with Crippen LogP contribution in [-0.2, 0) is 21.2 Å². The highest BCUT2D eigenvalue weighted by Gasteiger charge is 2.47. The van der Waals surface area contributed by atoms with E-state index in [0.29, 0.717) is 24.2 Å². The van der Waals surface area contributed by atoms with Gasteiger partial charge < -0.3 is 30.5 Å². The Balaban J connectivity index is 1.34. The first-order chi connectivity index (χ1) is 18.0. The van der Waals surface area contributed by atoms with Crippen LogP contribution in [0.5, 0.6) is 17.2 Å². The first kappa shape index (κ1) is 27.8. The number of hydrogen-bond donors (Lipinski definition) is 5. The van der Waals surface area contributed by atoms with Gasteiger partial charge in [0.1, 0.15) is 17.1 Å². The van der Waals surface area contributed by atoms with E-state index in [0.717, 1.165) is 11.1 Å². The van der Waals surface area contributed by atoms with Gasteiger partial charge in [0, 0.05) is 25.1 Å². The standard InChI is InChI=1S/C26H33N3O8S/c1-17-14-21(37-12-6-20(31)16-30)4-2-18(17)7-13-38(35,36)29-10-8-26(9-11-29)25(34)27-24(28-26)19-3-5-22(32)23(33)15-19/h2-5,14-15,20,30-33H,6-13,16H2,1H3,(H,27,28,34). The smallest absolute Gasteiger partial charge is 0.253 e. The van der Waals surface area contributed by atoms with Crippen LogP contribution >= 0.6 is 0 Å². The average molecular weight is 548 g/mol. The number of phenols is 2. The van der Waals surface area contributed by atoms with Crippen molar-refractivity contribution in [3.63, 3.8) is 0 Å². The summed E-state index contributed by atoms with van der Waals surface area (Å²) < 4.78 is 33.2. The Kier molecular flexibility index (Phi) is 8.26. The van der Waals surface area contributed by atoms with Crippen LogP contribution < -0.4 is 10.1 Å². The molecule has 1 fully saturated rings. The molecule has 4 rings (SSSR count). The van der Waals surface area contributed by atoms with Gasteiger partial charge in [0.25, 0.3) is 5.91 Å². The molecule has 2 aromatic rings. The summed E-state index contributed by atoms with van der Waals surface area (Å²) in [7, 11) is -3.57. The van der Waals surface area contributed by atoms with Crippen molar-refractivity contribution in [2.24, 2.45) is 4.99 Å². The fourth-order valence-electron chi connectivity index (χ4n) is 4.61. The summed E-state index contributed by atoms with van der Waals surface area (Å²) in [5, 5.41) is 40.3. The van der Waals surface area contributed by atoms with E-state index in [-0.39, 0.29) is 68.1 Å². The van der Waals surface area contributed by atoms with Gasteiger partial charge in [-0.15, -0.1) is 0 Å². The number of ether oxygens (including phenoxy) is 1. The molecule has 0 radical (unpaired) electrons. The number of aryl methyl sites for hydroxylation is 2. The number of carbonyl (C=O) groups excluding carboxylic acids is 1. The van der Waals surface area contributed by atoms with Crippen molar-refractivity contribution >= 4 is 21.8 Å². The van der Waals surface area contributed by atoms with Gasteiger partial charge >= 0.3 is 0 Å². The number of rotatable bonds is 10. The first-order valence-electron chi connectivity index (χ1n) is 12.5. The Bertz CT molecular complexity index is 1320. The highest BCUT2D eigenvalue weighted by Crippen LogP contribution is 2.33. The molecule has 0 aromatic heterocycles. The number of amidine groups is 1. The maximum Gasteiger partial charge on any atom is 0.253 e. The number of hydrogen-bond acceptors (Lipinski definition) is 9. The number of phenolic OH excluding ortho intramolecular Hbond substituents is 2. The van der Waals surface area contributed by atoms with E-state index < -0.39 is 21.7 Å². The van der Waals surface area contributed by atoms with Crippen molar-refractivity contribution in [2.45, 2.75) is 44.2 Å². The van der Waals surface area contributed by atoms with Gasteiger partial charge in [-0.05, 0) is 67.6 Å². The Morgan fingerprint density at radius 1 is 1.13 bits per heavy atom. The zero-order valence-electron chi connectivity index (χ0n) is 21.1. The summed E-state index contributed by atoms with van der Waals surface area (Å²) in [6.07, 6.45) is 0.285. The van der Waals surface area contributed by atoms with E-state index in [1.165, 1.54) is 22.5 Å². The normalized spacial score (nSPS) is 18.3. The van der Waals surface area contributed by atoms with Crippen LogP contribution in [0.3, 0.4) is 0 Å². The monoisotopic (exact) mass is 547 g/mol. The third-order valence-corrected chi connectivity index (χ3v) is 8.92. The van der Waals surface area contributed by atoms with Gasteiger partial charge in [-0.2, -0.15) is 0 Å². The average Bonchev–Trinajstić information content (AvgIpc) is 3.20. The molecule has 5 N–H and O–H groups in total. The lowest BCUT2D eigenvalue weighted by molar-refractivity contribution is -0.124. The highest BCUT2D eigenvalue weighted by atomic mass is 32.2. The molecule has 1 spiro atoms. The van der Waals surface area contributed by atoms with Crippen LogP contribution in [0, 0.1) is 6.92 Å². The third kappa shape index (κ3) is 6.09. The van der Waals surface area contributed by atoms with Crippen LogP contribution in [0.2, 0.25) is 0 Å². The van der Waals surface area contributed by atoms with E-state index in [9.17, 15) is 28.5 Å². The van der Waals surface area contributed by atoms with Crippen molar-refractivity contribution < 1.29 is 38.4 Å². The second-order valence-electron chi connectivity index (χ2n) is 9.68. The first-order valence-corrected chi connectivity index (χ1v) is 14.1. The molecule has 0 bridgehead atoms. The topological polar surface area (TPSA) is 169 Å². The maximum absolute atomic E-state index is 13.1. The summed E-state index contributed by atoms with van der Waals surface area (Å²) in [4.78, 5) is 17.4. The van der Waals surface area contributed by atoms with Gasteiger partial charge in [0.05, 0.1) is 25.1 Å². The van der Waals surface area contributed by atoms with Crippen LogP contribution in [-0.4, -0.2) is 88.6 Å². The lowest BCUT2D eigenvalue weighted by Crippen LogP contribution is -2.50. The fraction of sp³-hybridized carbons (Fsp3) is 0.462. The maximum atomic E-state index is 13.1. The Morgan fingerprint density at radius 2 is 1.87 bits per heavy atom. The quantitative estimate of drug-likeness (QED) is 0.272. The lowest BCUT2D eigenvalue weighted by Gasteiger charge is -2.34. The molecule has 0 saturated carbocycles. The number of aliphatic hydroxyl groups excluding tert-OH is 2. The van der Waals surface area contributed by atoms with Gasteiger partial charge in [-0.1, -0.05) is 6.07 Å². The number of carbonyl (C=O) groups is 1. The van der Waals surface area contributed by atoms with Crippen LogP contribution in [0.4, 0.5) is 0 Å². The summed E-state index contributed by atoms with van der Waals surface area (Å²) >= 11 is 0. The number of aliphatic imine (C=N–C) groups is 1. The number of piperidine rings is 1. The van der Waals surface area contributed by atoms with Gasteiger partial charge in [-0.3, -0.25) is 9.79 Å². The van der Waals surface area contributed by atoms with Crippen LogP contribution in [0.25, 0.3) is 0 Å². The molecular weight excluding hydrogens is 514 g/mol. The molecule has 1 unspecified atom stereocenters. The summed E-state index contributed by atoms with van der Waals surface area (Å²) in [6.45, 7) is 2.15. The predicted molar refractivity (Wildman–Crippen MR) is 140 cm³/mol. The molecule has 0 aliphatic carbocycles. The zero-order chi connectivity index (χ0) is 27.5. The molecular formula is C26H33N3O8S. The zero-order valence-corrected chi connectivity index (χ0v) is 21.9. The van der Waals surface area contributed by atoms with Crippen molar-refractivity contribution in [1.82, 2.24) is 9.62 Å². The Labute approximate surface area is 221 Å².